The maximum Gasteiger partial charge on any atom is 0.278 e. The second kappa shape index (κ2) is 3.96. The van der Waals surface area contributed by atoms with Gasteiger partial charge in [0.05, 0.1) is 12.4 Å². The van der Waals surface area contributed by atoms with Crippen molar-refractivity contribution in [3.05, 3.63) is 23.2 Å². The lowest BCUT2D eigenvalue weighted by Crippen LogP contribution is -2.14. The van der Waals surface area contributed by atoms with Crippen LogP contribution < -0.4 is 5.32 Å². The number of nitrogens with zero attached hydrogens (tertiary/aromatic N) is 5. The van der Waals surface area contributed by atoms with Crippen LogP contribution in [0.1, 0.15) is 10.5 Å². The SMILES string of the molecule is O=C(Nc1nn[nH]n1)c1cnc(Cl)cn1. The fourth-order valence-corrected chi connectivity index (χ4v) is 0.907. The Morgan fingerprint density at radius 2 is 2.27 bits per heavy atom. The summed E-state index contributed by atoms with van der Waals surface area (Å²) in [4.78, 5) is 18.9. The number of H-pyrrole nitrogens is 1. The number of carbonyl (C=O) groups is 1. The molecule has 9 heteroatoms. The van der Waals surface area contributed by atoms with E-state index in [4.69, 9.17) is 11.6 Å². The van der Waals surface area contributed by atoms with Gasteiger partial charge in [0.2, 0.25) is 0 Å². The van der Waals surface area contributed by atoms with Gasteiger partial charge in [-0.25, -0.2) is 9.97 Å². The largest absolute Gasteiger partial charge is 0.286 e. The molecule has 8 nitrogen and oxygen atoms in total. The van der Waals surface area contributed by atoms with Crippen molar-refractivity contribution in [3.8, 4) is 0 Å². The molecule has 0 saturated heterocycles. The number of rotatable bonds is 2. The normalized spacial score (nSPS) is 9.93. The number of amides is 1. The van der Waals surface area contributed by atoms with E-state index in [2.05, 4.69) is 35.9 Å². The van der Waals surface area contributed by atoms with E-state index in [1.54, 1.807) is 0 Å². The smallest absolute Gasteiger partial charge is 0.278 e. The van der Waals surface area contributed by atoms with Crippen LogP contribution in [-0.4, -0.2) is 36.5 Å². The molecule has 0 radical (unpaired) electrons. The lowest BCUT2D eigenvalue weighted by Gasteiger charge is -1.98. The summed E-state index contributed by atoms with van der Waals surface area (Å²) in [6.45, 7) is 0. The monoisotopic (exact) mass is 225 g/mol. The van der Waals surface area contributed by atoms with Crippen LogP contribution in [0.15, 0.2) is 12.4 Å². The van der Waals surface area contributed by atoms with Gasteiger partial charge in [-0.1, -0.05) is 16.7 Å². The lowest BCUT2D eigenvalue weighted by molar-refractivity contribution is 0.102. The molecule has 0 saturated carbocycles. The molecular formula is C6H4ClN7O. The second-order valence-corrected chi connectivity index (χ2v) is 2.80. The van der Waals surface area contributed by atoms with Crippen molar-refractivity contribution in [2.45, 2.75) is 0 Å². The lowest BCUT2D eigenvalue weighted by atomic mass is 10.4. The van der Waals surface area contributed by atoms with Gasteiger partial charge in [-0.2, -0.15) is 5.21 Å². The predicted molar refractivity (Wildman–Crippen MR) is 49.2 cm³/mol. The van der Waals surface area contributed by atoms with E-state index in [-0.39, 0.29) is 16.8 Å². The van der Waals surface area contributed by atoms with Crippen LogP contribution in [0.5, 0.6) is 0 Å². The number of halogens is 1. The summed E-state index contributed by atoms with van der Waals surface area (Å²) < 4.78 is 0. The fraction of sp³-hybridized carbons (Fsp3) is 0. The zero-order chi connectivity index (χ0) is 10.7. The van der Waals surface area contributed by atoms with Gasteiger partial charge < -0.3 is 0 Å². The molecule has 0 aliphatic carbocycles. The summed E-state index contributed by atoms with van der Waals surface area (Å²) in [5.74, 6) is -0.419. The third kappa shape index (κ3) is 2.23. The highest BCUT2D eigenvalue weighted by molar-refractivity contribution is 6.29. The van der Waals surface area contributed by atoms with Crippen LogP contribution in [0.3, 0.4) is 0 Å². The number of aromatic nitrogens is 6. The quantitative estimate of drug-likeness (QED) is 0.738. The zero-order valence-corrected chi connectivity index (χ0v) is 7.93. The molecule has 1 amide bonds. The molecule has 2 heterocycles. The molecule has 2 aromatic rings. The summed E-state index contributed by atoms with van der Waals surface area (Å²) in [5.41, 5.74) is 0.115. The van der Waals surface area contributed by atoms with Crippen LogP contribution in [0.2, 0.25) is 5.15 Å². The van der Waals surface area contributed by atoms with Gasteiger partial charge in [0.1, 0.15) is 10.8 Å². The standard InChI is InChI=1S/C6H4ClN7O/c7-4-2-8-3(1-9-4)5(15)10-6-11-13-14-12-6/h1-2H,(H2,10,11,12,13,14,15). The molecule has 15 heavy (non-hydrogen) atoms. The van der Waals surface area contributed by atoms with Crippen LogP contribution in [0.25, 0.3) is 0 Å². The first-order valence-electron chi connectivity index (χ1n) is 3.78. The van der Waals surface area contributed by atoms with Gasteiger partial charge in [0.25, 0.3) is 11.9 Å². The van der Waals surface area contributed by atoms with E-state index in [0.717, 1.165) is 0 Å². The number of tetrazole rings is 1. The molecule has 2 rings (SSSR count). The Bertz CT molecular complexity index is 453. The van der Waals surface area contributed by atoms with Crippen molar-refractivity contribution >= 4 is 23.5 Å². The van der Waals surface area contributed by atoms with Crippen LogP contribution in [-0.2, 0) is 0 Å². The van der Waals surface area contributed by atoms with E-state index in [9.17, 15) is 4.79 Å². The van der Waals surface area contributed by atoms with Crippen molar-refractivity contribution in [1.29, 1.82) is 0 Å². The molecule has 0 spiro atoms. The summed E-state index contributed by atoms with van der Waals surface area (Å²) in [6, 6.07) is 0. The van der Waals surface area contributed by atoms with Gasteiger partial charge in [-0.15, -0.1) is 5.10 Å². The number of hydrogen-bond donors (Lipinski definition) is 2. The Hall–Kier alpha value is -2.09. The number of anilines is 1. The van der Waals surface area contributed by atoms with Crippen molar-refractivity contribution in [3.63, 3.8) is 0 Å². The van der Waals surface area contributed by atoms with E-state index in [1.165, 1.54) is 12.4 Å². The molecule has 0 bridgehead atoms. The summed E-state index contributed by atoms with van der Waals surface area (Å²) in [5, 5.41) is 15.1. The average molecular weight is 226 g/mol. The van der Waals surface area contributed by atoms with Crippen LogP contribution in [0, 0.1) is 0 Å². The van der Waals surface area contributed by atoms with E-state index < -0.39 is 5.91 Å². The molecule has 2 aromatic heterocycles. The maximum absolute atomic E-state index is 11.4. The minimum atomic E-state index is -0.486. The molecule has 0 unspecified atom stereocenters. The zero-order valence-electron chi connectivity index (χ0n) is 7.18. The van der Waals surface area contributed by atoms with E-state index >= 15 is 0 Å². The highest BCUT2D eigenvalue weighted by Gasteiger charge is 2.09. The number of nitrogens with one attached hydrogen (secondary N) is 2. The molecule has 0 atom stereocenters. The van der Waals surface area contributed by atoms with Crippen molar-refractivity contribution < 1.29 is 4.79 Å². The Kier molecular flexibility index (Phi) is 2.50. The topological polar surface area (TPSA) is 109 Å². The molecule has 0 fully saturated rings. The number of carbonyl (C=O) groups excluding carboxylic acids is 1. The molecular weight excluding hydrogens is 222 g/mol. The summed E-state index contributed by atoms with van der Waals surface area (Å²) >= 11 is 5.51. The van der Waals surface area contributed by atoms with Crippen LogP contribution >= 0.6 is 11.6 Å². The first-order chi connectivity index (χ1) is 7.25. The third-order valence-electron chi connectivity index (χ3n) is 1.42. The first kappa shape index (κ1) is 9.46. The van der Waals surface area contributed by atoms with E-state index in [1.807, 2.05) is 0 Å². The van der Waals surface area contributed by atoms with Crippen LogP contribution in [0.4, 0.5) is 5.95 Å². The van der Waals surface area contributed by atoms with Gasteiger partial charge in [0.15, 0.2) is 0 Å². The van der Waals surface area contributed by atoms with Gasteiger partial charge in [0, 0.05) is 0 Å². The predicted octanol–water partition coefficient (Wildman–Crippen LogP) is -0.105. The van der Waals surface area contributed by atoms with Crippen molar-refractivity contribution in [1.82, 2.24) is 30.6 Å². The Morgan fingerprint density at radius 3 is 2.87 bits per heavy atom. The second-order valence-electron chi connectivity index (χ2n) is 2.41. The average Bonchev–Trinajstić information content (AvgIpc) is 2.71. The molecule has 0 aliphatic heterocycles. The van der Waals surface area contributed by atoms with Crippen molar-refractivity contribution in [2.24, 2.45) is 0 Å². The highest BCUT2D eigenvalue weighted by Crippen LogP contribution is 2.02. The summed E-state index contributed by atoms with van der Waals surface area (Å²) in [6.07, 6.45) is 2.52. The number of aromatic amines is 1. The maximum atomic E-state index is 11.4. The third-order valence-corrected chi connectivity index (χ3v) is 1.62. The highest BCUT2D eigenvalue weighted by atomic mass is 35.5. The molecule has 2 N–H and O–H groups in total. The fourth-order valence-electron chi connectivity index (χ4n) is 0.810. The first-order valence-corrected chi connectivity index (χ1v) is 4.16. The van der Waals surface area contributed by atoms with Gasteiger partial charge in [-0.05, 0) is 5.21 Å². The minimum Gasteiger partial charge on any atom is -0.286 e. The molecule has 0 aromatic carbocycles. The Labute approximate surface area is 88.1 Å². The van der Waals surface area contributed by atoms with Gasteiger partial charge >= 0.3 is 0 Å². The minimum absolute atomic E-state index is 0.0664. The Balaban J connectivity index is 2.11. The molecule has 76 valence electrons. The summed E-state index contributed by atoms with van der Waals surface area (Å²) in [7, 11) is 0. The molecule has 0 aliphatic rings. The van der Waals surface area contributed by atoms with Gasteiger partial charge in [-0.3, -0.25) is 10.1 Å². The number of hydrogen-bond acceptors (Lipinski definition) is 6. The van der Waals surface area contributed by atoms with Crippen molar-refractivity contribution in [2.75, 3.05) is 5.32 Å². The van der Waals surface area contributed by atoms with E-state index in [0.29, 0.717) is 0 Å². The Morgan fingerprint density at radius 1 is 1.40 bits per heavy atom.